The molecule has 1 N–H and O–H groups in total. The van der Waals surface area contributed by atoms with Crippen molar-refractivity contribution in [3.8, 4) is 0 Å². The molecule has 8 heteroatoms. The third-order valence-corrected chi connectivity index (χ3v) is 6.57. The number of aromatic nitrogens is 5. The van der Waals surface area contributed by atoms with Crippen LogP contribution < -0.4 is 5.32 Å². The smallest absolute Gasteiger partial charge is 0.191 e. The highest BCUT2D eigenvalue weighted by Crippen LogP contribution is 2.30. The van der Waals surface area contributed by atoms with Gasteiger partial charge in [0.25, 0.3) is 0 Å². The van der Waals surface area contributed by atoms with Crippen molar-refractivity contribution in [1.29, 1.82) is 0 Å². The monoisotopic (exact) mass is 376 g/mol. The molecule has 0 amide bonds. The van der Waals surface area contributed by atoms with Crippen molar-refractivity contribution in [3.05, 3.63) is 23.3 Å². The summed E-state index contributed by atoms with van der Waals surface area (Å²) in [6.45, 7) is 6.00. The Labute approximate surface area is 158 Å². The fourth-order valence-corrected chi connectivity index (χ4v) is 4.77. The molecule has 1 unspecified atom stereocenters. The largest absolute Gasteiger partial charge is 0.376 e. The minimum Gasteiger partial charge on any atom is -0.376 e. The minimum absolute atomic E-state index is 0.297. The van der Waals surface area contributed by atoms with Crippen LogP contribution in [0.25, 0.3) is 0 Å². The third kappa shape index (κ3) is 3.82. The molecule has 2 saturated heterocycles. The maximum atomic E-state index is 5.90. The van der Waals surface area contributed by atoms with Crippen molar-refractivity contribution in [2.75, 3.05) is 19.7 Å². The van der Waals surface area contributed by atoms with Gasteiger partial charge in [-0.3, -0.25) is 4.68 Å². The predicted octanol–water partition coefficient (Wildman–Crippen LogP) is 2.26. The first-order valence-corrected chi connectivity index (χ1v) is 10.6. The van der Waals surface area contributed by atoms with Gasteiger partial charge in [0.2, 0.25) is 0 Å². The van der Waals surface area contributed by atoms with E-state index in [0.717, 1.165) is 68.7 Å². The van der Waals surface area contributed by atoms with Gasteiger partial charge in [-0.15, -0.1) is 10.2 Å². The Morgan fingerprint density at radius 3 is 2.81 bits per heavy atom. The summed E-state index contributed by atoms with van der Waals surface area (Å²) in [6, 6.07) is 0. The molecule has 0 saturated carbocycles. The van der Waals surface area contributed by atoms with Crippen LogP contribution in [-0.4, -0.2) is 50.3 Å². The molecule has 0 bridgehead atoms. The molecule has 7 nitrogen and oxygen atoms in total. The molecular weight excluding hydrogens is 348 g/mol. The fourth-order valence-electron chi connectivity index (χ4n) is 3.78. The Morgan fingerprint density at radius 2 is 2.12 bits per heavy atom. The molecule has 0 spiro atoms. The summed E-state index contributed by atoms with van der Waals surface area (Å²) in [6.07, 6.45) is 6.82. The van der Waals surface area contributed by atoms with E-state index in [1.54, 1.807) is 11.8 Å². The second-order valence-corrected chi connectivity index (χ2v) is 8.22. The van der Waals surface area contributed by atoms with E-state index in [9.17, 15) is 0 Å². The lowest BCUT2D eigenvalue weighted by atomic mass is 9.97. The summed E-state index contributed by atoms with van der Waals surface area (Å²) in [5.41, 5.74) is 2.47. The number of ether oxygens (including phenoxy) is 1. The van der Waals surface area contributed by atoms with Crippen LogP contribution in [-0.2, 0) is 24.1 Å². The van der Waals surface area contributed by atoms with Gasteiger partial charge in [0.15, 0.2) is 5.16 Å². The Morgan fingerprint density at radius 1 is 1.27 bits per heavy atom. The van der Waals surface area contributed by atoms with E-state index in [2.05, 4.69) is 32.1 Å². The molecule has 1 atom stereocenters. The lowest BCUT2D eigenvalue weighted by Gasteiger charge is -2.23. The summed E-state index contributed by atoms with van der Waals surface area (Å²) >= 11 is 1.76. The third-order valence-electron chi connectivity index (χ3n) is 5.55. The average Bonchev–Trinajstić information content (AvgIpc) is 3.38. The first kappa shape index (κ1) is 18.0. The molecular formula is C18H28N6OS. The van der Waals surface area contributed by atoms with Gasteiger partial charge in [0.05, 0.1) is 18.8 Å². The van der Waals surface area contributed by atoms with Crippen LogP contribution in [0.4, 0.5) is 0 Å². The molecule has 2 aromatic rings. The van der Waals surface area contributed by atoms with Gasteiger partial charge in [0.1, 0.15) is 5.82 Å². The summed E-state index contributed by atoms with van der Waals surface area (Å²) in [5.74, 6) is 2.52. The highest BCUT2D eigenvalue weighted by Gasteiger charge is 2.26. The molecule has 2 aromatic heterocycles. The molecule has 142 valence electrons. The van der Waals surface area contributed by atoms with Crippen LogP contribution >= 0.6 is 11.8 Å². The Kier molecular flexibility index (Phi) is 5.61. The number of aryl methyl sites for hydroxylation is 1. The molecule has 4 rings (SSSR count). The quantitative estimate of drug-likeness (QED) is 0.780. The number of hydrogen-bond acceptors (Lipinski definition) is 6. The number of nitrogens with zero attached hydrogens (tertiary/aromatic N) is 5. The zero-order valence-corrected chi connectivity index (χ0v) is 16.5. The average molecular weight is 377 g/mol. The van der Waals surface area contributed by atoms with Crippen molar-refractivity contribution >= 4 is 11.8 Å². The van der Waals surface area contributed by atoms with Crippen LogP contribution in [0.2, 0.25) is 0 Å². The van der Waals surface area contributed by atoms with E-state index >= 15 is 0 Å². The standard InChI is InChI=1S/C18H28N6OS/c1-13-15(10-20-23(13)2)12-26-18-22-21-17(14-5-7-19-8-6-14)24(18)11-16-4-3-9-25-16/h10,14,16,19H,3-9,11-12H2,1-2H3. The lowest BCUT2D eigenvalue weighted by molar-refractivity contribution is 0.0936. The number of piperidine rings is 1. The molecule has 0 radical (unpaired) electrons. The summed E-state index contributed by atoms with van der Waals surface area (Å²) in [7, 11) is 1.98. The first-order valence-electron chi connectivity index (χ1n) is 9.58. The summed E-state index contributed by atoms with van der Waals surface area (Å²) in [5, 5.41) is 18.0. The van der Waals surface area contributed by atoms with E-state index in [1.165, 1.54) is 11.3 Å². The van der Waals surface area contributed by atoms with Crippen molar-refractivity contribution in [2.45, 2.75) is 62.1 Å². The van der Waals surface area contributed by atoms with Gasteiger partial charge in [-0.25, -0.2) is 0 Å². The van der Waals surface area contributed by atoms with Crippen molar-refractivity contribution in [3.63, 3.8) is 0 Å². The van der Waals surface area contributed by atoms with E-state index < -0.39 is 0 Å². The summed E-state index contributed by atoms with van der Waals surface area (Å²) < 4.78 is 10.2. The Hall–Kier alpha value is -1.38. The molecule has 0 aliphatic carbocycles. The molecule has 2 aliphatic heterocycles. The summed E-state index contributed by atoms with van der Waals surface area (Å²) in [4.78, 5) is 0. The van der Waals surface area contributed by atoms with E-state index in [1.807, 2.05) is 17.9 Å². The molecule has 4 heterocycles. The zero-order chi connectivity index (χ0) is 17.9. The van der Waals surface area contributed by atoms with Gasteiger partial charge < -0.3 is 14.6 Å². The number of thioether (sulfide) groups is 1. The molecule has 2 fully saturated rings. The minimum atomic E-state index is 0.297. The second-order valence-electron chi connectivity index (χ2n) is 7.28. The van der Waals surface area contributed by atoms with E-state index in [4.69, 9.17) is 4.74 Å². The fraction of sp³-hybridized carbons (Fsp3) is 0.722. The van der Waals surface area contributed by atoms with Gasteiger partial charge in [0, 0.05) is 36.6 Å². The van der Waals surface area contributed by atoms with E-state index in [-0.39, 0.29) is 0 Å². The van der Waals surface area contributed by atoms with Crippen molar-refractivity contribution < 1.29 is 4.74 Å². The van der Waals surface area contributed by atoms with Gasteiger partial charge in [-0.1, -0.05) is 11.8 Å². The number of rotatable bonds is 6. The first-order chi connectivity index (χ1) is 12.7. The van der Waals surface area contributed by atoms with Crippen LogP contribution in [0, 0.1) is 6.92 Å². The molecule has 0 aromatic carbocycles. The van der Waals surface area contributed by atoms with Crippen LogP contribution in [0.1, 0.15) is 48.7 Å². The highest BCUT2D eigenvalue weighted by atomic mass is 32.2. The Balaban J connectivity index is 1.54. The van der Waals surface area contributed by atoms with Crippen molar-refractivity contribution in [1.82, 2.24) is 29.9 Å². The highest BCUT2D eigenvalue weighted by molar-refractivity contribution is 7.98. The zero-order valence-electron chi connectivity index (χ0n) is 15.6. The molecule has 26 heavy (non-hydrogen) atoms. The van der Waals surface area contributed by atoms with Crippen molar-refractivity contribution in [2.24, 2.45) is 7.05 Å². The topological polar surface area (TPSA) is 69.8 Å². The number of hydrogen-bond donors (Lipinski definition) is 1. The van der Waals surface area contributed by atoms with Gasteiger partial charge in [-0.05, 0) is 45.7 Å². The SMILES string of the molecule is Cc1c(CSc2nnc(C3CCNCC3)n2CC2CCCO2)cnn1C. The van der Waals surface area contributed by atoms with Gasteiger partial charge in [-0.2, -0.15) is 5.10 Å². The second kappa shape index (κ2) is 8.10. The maximum absolute atomic E-state index is 5.90. The Bertz CT molecular complexity index is 730. The lowest BCUT2D eigenvalue weighted by Crippen LogP contribution is -2.29. The number of nitrogens with one attached hydrogen (secondary N) is 1. The van der Waals surface area contributed by atoms with Crippen LogP contribution in [0.3, 0.4) is 0 Å². The van der Waals surface area contributed by atoms with Crippen LogP contribution in [0.15, 0.2) is 11.4 Å². The normalized spacial score (nSPS) is 21.5. The molecule has 2 aliphatic rings. The predicted molar refractivity (Wildman–Crippen MR) is 101 cm³/mol. The van der Waals surface area contributed by atoms with Crippen LogP contribution in [0.5, 0.6) is 0 Å². The van der Waals surface area contributed by atoms with Gasteiger partial charge >= 0.3 is 0 Å². The maximum Gasteiger partial charge on any atom is 0.191 e. The van der Waals surface area contributed by atoms with E-state index in [0.29, 0.717) is 12.0 Å².